The summed E-state index contributed by atoms with van der Waals surface area (Å²) >= 11 is 0. The van der Waals surface area contributed by atoms with Crippen molar-refractivity contribution < 1.29 is 13.9 Å². The first-order chi connectivity index (χ1) is 21.1. The second kappa shape index (κ2) is 13.6. The molecule has 4 nitrogen and oxygen atoms in total. The average molecular weight is 652 g/mol. The lowest BCUT2D eigenvalue weighted by Crippen LogP contribution is -2.55. The summed E-state index contributed by atoms with van der Waals surface area (Å²) in [6, 6.07) is 13.2. The summed E-state index contributed by atoms with van der Waals surface area (Å²) in [7, 11) is 1.48. The van der Waals surface area contributed by atoms with E-state index < -0.39 is 13.9 Å². The van der Waals surface area contributed by atoms with Crippen molar-refractivity contribution in [3.05, 3.63) is 57.6 Å². The van der Waals surface area contributed by atoms with Crippen LogP contribution in [0, 0.1) is 0 Å². The SMILES string of the molecule is CC[Si](CC)(CC)OC(c1cc(C(C)(C)C)c(OC)c(C(C)(C)C)c1)(c1cc(C(C)(C)C)c(OC)c(C(C)(C)C)c1)[C@@H]1CCCN1. The second-order valence-corrected chi connectivity index (χ2v) is 22.6. The molecule has 0 bridgehead atoms. The zero-order valence-corrected chi connectivity index (χ0v) is 33.9. The van der Waals surface area contributed by atoms with E-state index in [4.69, 9.17) is 13.9 Å². The van der Waals surface area contributed by atoms with Crippen LogP contribution < -0.4 is 14.8 Å². The molecule has 260 valence electrons. The summed E-state index contributed by atoms with van der Waals surface area (Å²) in [5.41, 5.74) is 6.25. The van der Waals surface area contributed by atoms with Gasteiger partial charge in [0.2, 0.25) is 0 Å². The number of hydrogen-bond acceptors (Lipinski definition) is 4. The first kappa shape index (κ1) is 38.6. The Kier molecular flexibility index (Phi) is 11.4. The van der Waals surface area contributed by atoms with Crippen LogP contribution in [0.4, 0.5) is 0 Å². The van der Waals surface area contributed by atoms with Gasteiger partial charge in [-0.15, -0.1) is 0 Å². The van der Waals surface area contributed by atoms with Gasteiger partial charge >= 0.3 is 0 Å². The Labute approximate surface area is 284 Å². The maximum atomic E-state index is 8.14. The van der Waals surface area contributed by atoms with Crippen LogP contribution in [0.25, 0.3) is 0 Å². The third-order valence-corrected chi connectivity index (χ3v) is 15.2. The van der Waals surface area contributed by atoms with E-state index in [1.165, 1.54) is 33.4 Å². The Morgan fingerprint density at radius 3 is 1.15 bits per heavy atom. The van der Waals surface area contributed by atoms with E-state index in [1.54, 1.807) is 0 Å². The minimum absolute atomic E-state index is 0.127. The van der Waals surface area contributed by atoms with Gasteiger partial charge in [-0.1, -0.05) is 104 Å². The fraction of sp³-hybridized carbons (Fsp3) is 0.707. The number of benzene rings is 2. The topological polar surface area (TPSA) is 39.7 Å². The molecule has 1 aliphatic heterocycles. The van der Waals surface area contributed by atoms with E-state index in [2.05, 4.69) is 133 Å². The molecule has 1 heterocycles. The molecule has 0 unspecified atom stereocenters. The van der Waals surface area contributed by atoms with Crippen LogP contribution in [0.1, 0.15) is 150 Å². The Hall–Kier alpha value is -1.82. The van der Waals surface area contributed by atoms with Gasteiger partial charge in [0.05, 0.1) is 14.2 Å². The van der Waals surface area contributed by atoms with Crippen LogP contribution in [0.3, 0.4) is 0 Å². The van der Waals surface area contributed by atoms with Gasteiger partial charge in [-0.25, -0.2) is 0 Å². The molecular weight excluding hydrogens is 583 g/mol. The van der Waals surface area contributed by atoms with Crippen LogP contribution in [-0.4, -0.2) is 35.1 Å². The van der Waals surface area contributed by atoms with Gasteiger partial charge in [0, 0.05) is 28.3 Å². The average Bonchev–Trinajstić information content (AvgIpc) is 3.51. The van der Waals surface area contributed by atoms with Crippen molar-refractivity contribution in [1.29, 1.82) is 0 Å². The highest BCUT2D eigenvalue weighted by Gasteiger charge is 2.51. The van der Waals surface area contributed by atoms with Gasteiger partial charge in [-0.05, 0) is 94.6 Å². The predicted octanol–water partition coefficient (Wildman–Crippen LogP) is 10.9. The van der Waals surface area contributed by atoms with Crippen molar-refractivity contribution in [3.63, 3.8) is 0 Å². The Balaban J connectivity index is 2.75. The molecule has 5 heteroatoms. The van der Waals surface area contributed by atoms with Crippen molar-refractivity contribution >= 4 is 8.32 Å². The van der Waals surface area contributed by atoms with Gasteiger partial charge in [0.1, 0.15) is 17.1 Å². The molecule has 1 N–H and O–H groups in total. The van der Waals surface area contributed by atoms with Crippen LogP contribution in [-0.2, 0) is 31.7 Å². The van der Waals surface area contributed by atoms with Crippen LogP contribution >= 0.6 is 0 Å². The van der Waals surface area contributed by atoms with E-state index in [0.29, 0.717) is 0 Å². The van der Waals surface area contributed by atoms with Crippen molar-refractivity contribution in [3.8, 4) is 11.5 Å². The molecule has 0 spiro atoms. The third kappa shape index (κ3) is 7.42. The van der Waals surface area contributed by atoms with E-state index in [0.717, 1.165) is 49.0 Å². The lowest BCUT2D eigenvalue weighted by Gasteiger charge is -2.48. The normalized spacial score (nSPS) is 17.0. The molecule has 0 saturated carbocycles. The van der Waals surface area contributed by atoms with Crippen molar-refractivity contribution in [2.45, 2.75) is 168 Å². The quantitative estimate of drug-likeness (QED) is 0.260. The largest absolute Gasteiger partial charge is 0.496 e. The number of rotatable bonds is 10. The van der Waals surface area contributed by atoms with Gasteiger partial charge in [0.25, 0.3) is 0 Å². The predicted molar refractivity (Wildman–Crippen MR) is 201 cm³/mol. The second-order valence-electron chi connectivity index (χ2n) is 17.9. The lowest BCUT2D eigenvalue weighted by molar-refractivity contribution is 0.0584. The molecule has 2 aromatic rings. The maximum absolute atomic E-state index is 8.14. The number of ether oxygens (including phenoxy) is 2. The zero-order valence-electron chi connectivity index (χ0n) is 32.9. The van der Waals surface area contributed by atoms with Crippen LogP contribution in [0.15, 0.2) is 24.3 Å². The molecule has 1 aliphatic rings. The summed E-state index contributed by atoms with van der Waals surface area (Å²) in [6.45, 7) is 35.8. The minimum atomic E-state index is -2.19. The molecule has 3 rings (SSSR count). The first-order valence-electron chi connectivity index (χ1n) is 18.0. The number of hydrogen-bond donors (Lipinski definition) is 1. The highest BCUT2D eigenvalue weighted by atomic mass is 28.4. The molecule has 1 atom stereocenters. The van der Waals surface area contributed by atoms with E-state index in [9.17, 15) is 0 Å². The minimum Gasteiger partial charge on any atom is -0.496 e. The Morgan fingerprint density at radius 1 is 0.609 bits per heavy atom. The standard InChI is InChI=1S/C41H69NO3Si/c1-18-46(19-2,20-3)45-41(34-22-21-23-42-34,28-24-30(37(4,5)6)35(43-16)31(25-28)38(7,8)9)29-26-32(39(10,11)12)36(44-17)33(27-29)40(13,14)15/h24-27,34,42H,18-23H2,1-17H3/t34-/m0/s1. The van der Waals surface area contributed by atoms with Crippen molar-refractivity contribution in [2.75, 3.05) is 20.8 Å². The summed E-state index contributed by atoms with van der Waals surface area (Å²) < 4.78 is 20.7. The molecular formula is C41H69NO3Si. The van der Waals surface area contributed by atoms with Gasteiger partial charge in [0.15, 0.2) is 8.32 Å². The summed E-state index contributed by atoms with van der Waals surface area (Å²) in [5, 5.41) is 4.01. The lowest BCUT2D eigenvalue weighted by atomic mass is 9.70. The van der Waals surface area contributed by atoms with E-state index >= 15 is 0 Å². The molecule has 1 fully saturated rings. The van der Waals surface area contributed by atoms with E-state index in [-0.39, 0.29) is 27.7 Å². The Morgan fingerprint density at radius 2 is 0.935 bits per heavy atom. The highest BCUT2D eigenvalue weighted by Crippen LogP contribution is 2.52. The number of nitrogens with one attached hydrogen (secondary N) is 1. The molecule has 46 heavy (non-hydrogen) atoms. The van der Waals surface area contributed by atoms with E-state index in [1.807, 2.05) is 14.2 Å². The summed E-state index contributed by atoms with van der Waals surface area (Å²) in [5.74, 6) is 2.00. The third-order valence-electron chi connectivity index (χ3n) is 10.5. The van der Waals surface area contributed by atoms with Crippen LogP contribution in [0.2, 0.25) is 18.1 Å². The molecule has 0 radical (unpaired) electrons. The van der Waals surface area contributed by atoms with Gasteiger partial charge < -0.3 is 19.2 Å². The fourth-order valence-corrected chi connectivity index (χ4v) is 10.4. The summed E-state index contributed by atoms with van der Waals surface area (Å²) in [4.78, 5) is 0. The monoisotopic (exact) mass is 652 g/mol. The Bertz CT molecular complexity index is 1180. The van der Waals surface area contributed by atoms with Gasteiger partial charge in [-0.2, -0.15) is 0 Å². The maximum Gasteiger partial charge on any atom is 0.193 e. The smallest absolute Gasteiger partial charge is 0.193 e. The van der Waals surface area contributed by atoms with Gasteiger partial charge in [-0.3, -0.25) is 0 Å². The fourth-order valence-electron chi connectivity index (χ4n) is 7.45. The molecule has 0 amide bonds. The van der Waals surface area contributed by atoms with Crippen molar-refractivity contribution in [2.24, 2.45) is 0 Å². The van der Waals surface area contributed by atoms with Crippen molar-refractivity contribution in [1.82, 2.24) is 5.32 Å². The molecule has 2 aromatic carbocycles. The molecule has 1 saturated heterocycles. The number of methoxy groups -OCH3 is 2. The van der Waals surface area contributed by atoms with Crippen LogP contribution in [0.5, 0.6) is 11.5 Å². The first-order valence-corrected chi connectivity index (χ1v) is 20.5. The summed E-state index contributed by atoms with van der Waals surface area (Å²) in [6.07, 6.45) is 2.20. The molecule has 0 aliphatic carbocycles. The zero-order chi connectivity index (χ0) is 35.1. The molecule has 0 aromatic heterocycles. The highest BCUT2D eigenvalue weighted by molar-refractivity contribution is 6.73.